The predicted molar refractivity (Wildman–Crippen MR) is 108 cm³/mol. The van der Waals surface area contributed by atoms with Gasteiger partial charge in [0.2, 0.25) is 5.89 Å². The summed E-state index contributed by atoms with van der Waals surface area (Å²) < 4.78 is 10.8. The molecule has 1 aliphatic heterocycles. The monoisotopic (exact) mass is 393 g/mol. The summed E-state index contributed by atoms with van der Waals surface area (Å²) in [5, 5.41) is 2.62. The number of nitrogens with zero attached hydrogens (tertiary/aromatic N) is 2. The number of esters is 1. The first-order valence-electron chi connectivity index (χ1n) is 9.81. The van der Waals surface area contributed by atoms with Gasteiger partial charge in [-0.2, -0.15) is 0 Å². The van der Waals surface area contributed by atoms with Crippen molar-refractivity contribution in [3.63, 3.8) is 0 Å². The maximum absolute atomic E-state index is 12.5. The number of benzene rings is 2. The molecule has 2 amide bonds. The van der Waals surface area contributed by atoms with E-state index in [1.54, 1.807) is 11.8 Å². The summed E-state index contributed by atoms with van der Waals surface area (Å²) in [7, 11) is 0. The van der Waals surface area contributed by atoms with Gasteiger partial charge in [0, 0.05) is 6.54 Å². The first-order valence-corrected chi connectivity index (χ1v) is 9.81. The highest BCUT2D eigenvalue weighted by Gasteiger charge is 2.33. The molecule has 3 aromatic rings. The predicted octanol–water partition coefficient (Wildman–Crippen LogP) is 3.90. The molecule has 7 heteroatoms. The van der Waals surface area contributed by atoms with Crippen LogP contribution in [0.15, 0.2) is 52.9 Å². The lowest BCUT2D eigenvalue weighted by Gasteiger charge is -2.22. The van der Waals surface area contributed by atoms with E-state index in [1.807, 2.05) is 36.4 Å². The summed E-state index contributed by atoms with van der Waals surface area (Å²) in [5.74, 6) is 0.0703. The van der Waals surface area contributed by atoms with Crippen LogP contribution in [-0.4, -0.2) is 41.6 Å². The molecule has 0 aliphatic carbocycles. The lowest BCUT2D eigenvalue weighted by Crippen LogP contribution is -2.42. The van der Waals surface area contributed by atoms with Crippen LogP contribution in [0.3, 0.4) is 0 Å². The number of fused-ring (bicyclic) bond motifs is 1. The van der Waals surface area contributed by atoms with Crippen molar-refractivity contribution in [3.05, 3.63) is 54.4 Å². The van der Waals surface area contributed by atoms with Crippen molar-refractivity contribution < 1.29 is 18.7 Å². The van der Waals surface area contributed by atoms with E-state index in [4.69, 9.17) is 9.15 Å². The Bertz CT molecular complexity index is 1020. The minimum Gasteiger partial charge on any atom is -0.465 e. The van der Waals surface area contributed by atoms with Gasteiger partial charge in [-0.25, -0.2) is 9.78 Å². The first-order chi connectivity index (χ1) is 14.2. The Morgan fingerprint density at radius 3 is 2.83 bits per heavy atom. The average Bonchev–Trinajstić information content (AvgIpc) is 3.39. The Balaban J connectivity index is 1.52. The Labute approximate surface area is 168 Å². The van der Waals surface area contributed by atoms with Crippen molar-refractivity contribution in [2.45, 2.75) is 25.8 Å². The fraction of sp³-hybridized carbons (Fsp3) is 0.318. The standard InChI is InChI=1S/C22H23N3O4/c1-2-28-20(26)14-23-22(27)25-12-6-9-18(25)21-24-17-13-16(10-11-19(17)29-21)15-7-4-3-5-8-15/h3-5,7-8,10-11,13,18H,2,6,9,12,14H2,1H3,(H,23,27). The van der Waals surface area contributed by atoms with E-state index in [2.05, 4.69) is 22.4 Å². The van der Waals surface area contributed by atoms with Crippen LogP contribution in [0.1, 0.15) is 31.7 Å². The fourth-order valence-electron chi connectivity index (χ4n) is 3.63. The normalized spacial score (nSPS) is 16.2. The van der Waals surface area contributed by atoms with Crippen LogP contribution in [0.4, 0.5) is 4.79 Å². The molecule has 1 N–H and O–H groups in total. The summed E-state index contributed by atoms with van der Waals surface area (Å²) >= 11 is 0. The number of rotatable bonds is 5. The fourth-order valence-corrected chi connectivity index (χ4v) is 3.63. The van der Waals surface area contributed by atoms with Gasteiger partial charge in [-0.15, -0.1) is 0 Å². The molecule has 150 valence electrons. The zero-order valence-corrected chi connectivity index (χ0v) is 16.3. The third-order valence-corrected chi connectivity index (χ3v) is 5.00. The lowest BCUT2D eigenvalue weighted by atomic mass is 10.1. The Hall–Kier alpha value is -3.35. The number of urea groups is 1. The molecule has 1 saturated heterocycles. The van der Waals surface area contributed by atoms with Crippen molar-refractivity contribution in [2.24, 2.45) is 0 Å². The minimum atomic E-state index is -0.452. The smallest absolute Gasteiger partial charge is 0.325 e. The molecule has 1 atom stereocenters. The van der Waals surface area contributed by atoms with Crippen molar-refractivity contribution in [1.82, 2.24) is 15.2 Å². The summed E-state index contributed by atoms with van der Waals surface area (Å²) in [6.07, 6.45) is 1.62. The van der Waals surface area contributed by atoms with E-state index in [0.29, 0.717) is 18.0 Å². The van der Waals surface area contributed by atoms with E-state index >= 15 is 0 Å². The van der Waals surface area contributed by atoms with Crippen LogP contribution in [0.5, 0.6) is 0 Å². The van der Waals surface area contributed by atoms with E-state index in [0.717, 1.165) is 29.5 Å². The number of carbonyl (C=O) groups is 2. The highest BCUT2D eigenvalue weighted by Crippen LogP contribution is 2.34. The Morgan fingerprint density at radius 2 is 2.03 bits per heavy atom. The lowest BCUT2D eigenvalue weighted by molar-refractivity contribution is -0.141. The van der Waals surface area contributed by atoms with Gasteiger partial charge in [0.1, 0.15) is 18.1 Å². The molecule has 2 aromatic carbocycles. The van der Waals surface area contributed by atoms with E-state index in [-0.39, 0.29) is 25.2 Å². The number of ether oxygens (including phenoxy) is 1. The Morgan fingerprint density at radius 1 is 1.21 bits per heavy atom. The molecule has 0 radical (unpaired) electrons. The zero-order valence-electron chi connectivity index (χ0n) is 16.3. The van der Waals surface area contributed by atoms with Gasteiger partial charge in [0.15, 0.2) is 5.58 Å². The van der Waals surface area contributed by atoms with Gasteiger partial charge in [0.05, 0.1) is 6.61 Å². The molecule has 1 aliphatic rings. The molecule has 1 unspecified atom stereocenters. The number of amides is 2. The number of aromatic nitrogens is 1. The summed E-state index contributed by atoms with van der Waals surface area (Å²) in [4.78, 5) is 30.4. The van der Waals surface area contributed by atoms with Crippen LogP contribution in [0.25, 0.3) is 22.2 Å². The SMILES string of the molecule is CCOC(=O)CNC(=O)N1CCCC1c1nc2cc(-c3ccccc3)ccc2o1. The average molecular weight is 393 g/mol. The second-order valence-corrected chi connectivity index (χ2v) is 6.92. The van der Waals surface area contributed by atoms with Gasteiger partial charge in [-0.3, -0.25) is 4.79 Å². The molecule has 2 heterocycles. The molecule has 29 heavy (non-hydrogen) atoms. The number of oxazole rings is 1. The van der Waals surface area contributed by atoms with Crippen molar-refractivity contribution in [2.75, 3.05) is 19.7 Å². The zero-order chi connectivity index (χ0) is 20.2. The second kappa shape index (κ2) is 8.34. The Kier molecular flexibility index (Phi) is 5.46. The van der Waals surface area contributed by atoms with E-state index in [1.165, 1.54) is 0 Å². The summed E-state index contributed by atoms with van der Waals surface area (Å²) in [6, 6.07) is 15.4. The highest BCUT2D eigenvalue weighted by molar-refractivity contribution is 5.82. The van der Waals surface area contributed by atoms with Gasteiger partial charge >= 0.3 is 12.0 Å². The van der Waals surface area contributed by atoms with Crippen LogP contribution >= 0.6 is 0 Å². The topological polar surface area (TPSA) is 84.7 Å². The number of hydrogen-bond donors (Lipinski definition) is 1. The molecule has 0 bridgehead atoms. The van der Waals surface area contributed by atoms with Crippen LogP contribution in [-0.2, 0) is 9.53 Å². The second-order valence-electron chi connectivity index (χ2n) is 6.92. The molecular weight excluding hydrogens is 370 g/mol. The van der Waals surface area contributed by atoms with Crippen molar-refractivity contribution >= 4 is 23.1 Å². The van der Waals surface area contributed by atoms with Crippen molar-refractivity contribution in [1.29, 1.82) is 0 Å². The largest absolute Gasteiger partial charge is 0.465 e. The number of hydrogen-bond acceptors (Lipinski definition) is 5. The van der Waals surface area contributed by atoms with Gasteiger partial charge in [-0.1, -0.05) is 36.4 Å². The van der Waals surface area contributed by atoms with E-state index in [9.17, 15) is 9.59 Å². The van der Waals surface area contributed by atoms with Gasteiger partial charge in [-0.05, 0) is 43.0 Å². The molecule has 1 fully saturated rings. The van der Waals surface area contributed by atoms with Crippen LogP contribution in [0.2, 0.25) is 0 Å². The molecule has 7 nitrogen and oxygen atoms in total. The number of likely N-dealkylation sites (tertiary alicyclic amines) is 1. The quantitative estimate of drug-likeness (QED) is 0.665. The number of nitrogens with one attached hydrogen (secondary N) is 1. The maximum Gasteiger partial charge on any atom is 0.325 e. The third kappa shape index (κ3) is 4.08. The van der Waals surface area contributed by atoms with Crippen molar-refractivity contribution in [3.8, 4) is 11.1 Å². The van der Waals surface area contributed by atoms with Crippen LogP contribution in [0, 0.1) is 0 Å². The molecule has 4 rings (SSSR count). The molecule has 0 spiro atoms. The minimum absolute atomic E-state index is 0.149. The maximum atomic E-state index is 12.5. The molecular formula is C22H23N3O4. The summed E-state index contributed by atoms with van der Waals surface area (Å²) in [6.45, 7) is 2.46. The van der Waals surface area contributed by atoms with Gasteiger partial charge in [0.25, 0.3) is 0 Å². The van der Waals surface area contributed by atoms with Gasteiger partial charge < -0.3 is 19.4 Å². The third-order valence-electron chi connectivity index (χ3n) is 5.00. The first kappa shape index (κ1) is 19.0. The highest BCUT2D eigenvalue weighted by atomic mass is 16.5. The molecule has 1 aromatic heterocycles. The summed E-state index contributed by atoms with van der Waals surface area (Å²) in [5.41, 5.74) is 3.63. The van der Waals surface area contributed by atoms with E-state index < -0.39 is 5.97 Å². The number of carbonyl (C=O) groups excluding carboxylic acids is 2. The van der Waals surface area contributed by atoms with Crippen LogP contribution < -0.4 is 5.32 Å². The molecule has 0 saturated carbocycles.